The van der Waals surface area contributed by atoms with Gasteiger partial charge in [-0.3, -0.25) is 0 Å². The van der Waals surface area contributed by atoms with Crippen molar-refractivity contribution in [2.24, 2.45) is 5.92 Å². The predicted molar refractivity (Wildman–Crippen MR) is 79.9 cm³/mol. The van der Waals surface area contributed by atoms with E-state index >= 15 is 0 Å². The van der Waals surface area contributed by atoms with Crippen molar-refractivity contribution in [3.63, 3.8) is 0 Å². The van der Waals surface area contributed by atoms with E-state index < -0.39 is 10.0 Å². The molecule has 0 aromatic carbocycles. The van der Waals surface area contributed by atoms with E-state index in [9.17, 15) is 8.42 Å². The molecule has 4 nitrogen and oxygen atoms in total. The zero-order valence-corrected chi connectivity index (χ0v) is 12.9. The van der Waals surface area contributed by atoms with Crippen LogP contribution in [0.5, 0.6) is 0 Å². The van der Waals surface area contributed by atoms with Crippen LogP contribution < -0.4 is 10.0 Å². The Kier molecular flexibility index (Phi) is 5.38. The molecule has 1 fully saturated rings. The van der Waals surface area contributed by atoms with E-state index in [0.29, 0.717) is 12.5 Å². The van der Waals surface area contributed by atoms with Crippen molar-refractivity contribution in [1.29, 1.82) is 0 Å². The van der Waals surface area contributed by atoms with E-state index in [2.05, 4.69) is 23.0 Å². The van der Waals surface area contributed by atoms with Crippen molar-refractivity contribution < 1.29 is 8.42 Å². The molecule has 2 heterocycles. The number of hydrogen-bond acceptors (Lipinski definition) is 4. The van der Waals surface area contributed by atoms with Crippen LogP contribution in [0.2, 0.25) is 0 Å². The van der Waals surface area contributed by atoms with E-state index in [0.717, 1.165) is 37.2 Å². The fraction of sp³-hybridized carbons (Fsp3) is 0.692. The molecule has 1 aromatic rings. The van der Waals surface area contributed by atoms with Crippen molar-refractivity contribution >= 4 is 21.4 Å². The zero-order chi connectivity index (χ0) is 13.7. The number of piperidine rings is 1. The maximum Gasteiger partial charge on any atom is 0.212 e. The smallest absolute Gasteiger partial charge is 0.212 e. The molecule has 0 aliphatic carbocycles. The van der Waals surface area contributed by atoms with Crippen molar-refractivity contribution in [3.8, 4) is 0 Å². The molecule has 2 rings (SSSR count). The first kappa shape index (κ1) is 15.0. The lowest BCUT2D eigenvalue weighted by Crippen LogP contribution is -2.35. The van der Waals surface area contributed by atoms with Crippen LogP contribution in [-0.2, 0) is 23.0 Å². The summed E-state index contributed by atoms with van der Waals surface area (Å²) in [7, 11) is -3.15. The molecule has 0 unspecified atom stereocenters. The van der Waals surface area contributed by atoms with Gasteiger partial charge in [0, 0.05) is 16.3 Å². The van der Waals surface area contributed by atoms with E-state index in [1.165, 1.54) is 4.88 Å². The molecule has 0 bridgehead atoms. The van der Waals surface area contributed by atoms with Crippen molar-refractivity contribution in [2.75, 3.05) is 18.8 Å². The molecule has 2 N–H and O–H groups in total. The third kappa shape index (κ3) is 4.87. The van der Waals surface area contributed by atoms with Gasteiger partial charge in [-0.15, -0.1) is 11.3 Å². The lowest BCUT2D eigenvalue weighted by atomic mass is 10.0. The Hall–Kier alpha value is -0.430. The molecule has 0 saturated carbocycles. The summed E-state index contributed by atoms with van der Waals surface area (Å²) in [6.45, 7) is 4.41. The summed E-state index contributed by atoms with van der Waals surface area (Å²) in [5.41, 5.74) is 0. The predicted octanol–water partition coefficient (Wildman–Crippen LogP) is 1.73. The summed E-state index contributed by atoms with van der Waals surface area (Å²) >= 11 is 1.68. The van der Waals surface area contributed by atoms with Gasteiger partial charge in [0.1, 0.15) is 0 Å². The standard InChI is InChI=1S/C13H22N2O2S2/c1-2-12-3-4-13(18-12)9-15-19(16,17)10-11-5-7-14-8-6-11/h3-4,11,14-15H,2,5-10H2,1H3. The molecule has 0 spiro atoms. The van der Waals surface area contributed by atoms with Crippen molar-refractivity contribution in [2.45, 2.75) is 32.7 Å². The molecule has 19 heavy (non-hydrogen) atoms. The third-order valence-corrected chi connectivity index (χ3v) is 6.17. The number of nitrogens with one attached hydrogen (secondary N) is 2. The first-order chi connectivity index (χ1) is 9.09. The van der Waals surface area contributed by atoms with Crippen LogP contribution in [0, 0.1) is 5.92 Å². The third-order valence-electron chi connectivity index (χ3n) is 3.45. The monoisotopic (exact) mass is 302 g/mol. The van der Waals surface area contributed by atoms with Gasteiger partial charge in [-0.25, -0.2) is 13.1 Å². The second-order valence-corrected chi connectivity index (χ2v) is 8.12. The van der Waals surface area contributed by atoms with Gasteiger partial charge in [0.05, 0.1) is 5.75 Å². The van der Waals surface area contributed by atoms with Gasteiger partial charge in [0.25, 0.3) is 0 Å². The maximum atomic E-state index is 12.0. The fourth-order valence-electron chi connectivity index (χ4n) is 2.31. The van der Waals surface area contributed by atoms with Crippen LogP contribution >= 0.6 is 11.3 Å². The average Bonchev–Trinajstić information content (AvgIpc) is 2.85. The highest BCUT2D eigenvalue weighted by Crippen LogP contribution is 2.18. The average molecular weight is 302 g/mol. The minimum atomic E-state index is -3.15. The Labute approximate surface area is 119 Å². The second kappa shape index (κ2) is 6.83. The van der Waals surface area contributed by atoms with Crippen LogP contribution in [0.3, 0.4) is 0 Å². The van der Waals surface area contributed by atoms with Crippen LogP contribution in [0.15, 0.2) is 12.1 Å². The normalized spacial score (nSPS) is 17.7. The van der Waals surface area contributed by atoms with Crippen LogP contribution in [0.25, 0.3) is 0 Å². The van der Waals surface area contributed by atoms with E-state index in [1.807, 2.05) is 6.07 Å². The fourth-order valence-corrected chi connectivity index (χ4v) is 4.74. The Morgan fingerprint density at radius 3 is 2.63 bits per heavy atom. The number of aryl methyl sites for hydroxylation is 1. The highest BCUT2D eigenvalue weighted by atomic mass is 32.2. The van der Waals surface area contributed by atoms with Crippen molar-refractivity contribution in [1.82, 2.24) is 10.0 Å². The summed E-state index contributed by atoms with van der Waals surface area (Å²) in [5.74, 6) is 0.564. The Morgan fingerprint density at radius 1 is 1.32 bits per heavy atom. The molecule has 1 aromatic heterocycles. The Morgan fingerprint density at radius 2 is 2.00 bits per heavy atom. The first-order valence-corrected chi connectivity index (χ1v) is 9.31. The largest absolute Gasteiger partial charge is 0.317 e. The van der Waals surface area contributed by atoms with Gasteiger partial charge in [-0.2, -0.15) is 0 Å². The SMILES string of the molecule is CCc1ccc(CNS(=O)(=O)CC2CCNCC2)s1. The lowest BCUT2D eigenvalue weighted by Gasteiger charge is -2.22. The number of sulfonamides is 1. The molecule has 6 heteroatoms. The minimum Gasteiger partial charge on any atom is -0.317 e. The molecule has 0 atom stereocenters. The van der Waals surface area contributed by atoms with Gasteiger partial charge in [0.2, 0.25) is 10.0 Å². The van der Waals surface area contributed by atoms with Crippen LogP contribution in [-0.4, -0.2) is 27.3 Å². The molecule has 0 amide bonds. The van der Waals surface area contributed by atoms with E-state index in [-0.39, 0.29) is 5.75 Å². The molecule has 1 aliphatic rings. The Balaban J connectivity index is 1.83. The molecule has 108 valence electrons. The van der Waals surface area contributed by atoms with Gasteiger partial charge in [0.15, 0.2) is 0 Å². The minimum absolute atomic E-state index is 0.265. The zero-order valence-electron chi connectivity index (χ0n) is 11.3. The van der Waals surface area contributed by atoms with E-state index in [1.54, 1.807) is 11.3 Å². The van der Waals surface area contributed by atoms with Gasteiger partial charge in [-0.05, 0) is 50.4 Å². The molecule has 1 aliphatic heterocycles. The first-order valence-electron chi connectivity index (χ1n) is 6.84. The van der Waals surface area contributed by atoms with Crippen molar-refractivity contribution in [3.05, 3.63) is 21.9 Å². The summed E-state index contributed by atoms with van der Waals surface area (Å²) in [6, 6.07) is 4.08. The van der Waals surface area contributed by atoms with Crippen LogP contribution in [0.4, 0.5) is 0 Å². The summed E-state index contributed by atoms with van der Waals surface area (Å²) in [4.78, 5) is 2.39. The highest BCUT2D eigenvalue weighted by Gasteiger charge is 2.20. The molecular formula is C13H22N2O2S2. The summed E-state index contributed by atoms with van der Waals surface area (Å²) < 4.78 is 26.8. The topological polar surface area (TPSA) is 58.2 Å². The van der Waals surface area contributed by atoms with Gasteiger partial charge < -0.3 is 5.32 Å². The Bertz CT molecular complexity index is 490. The molecule has 1 saturated heterocycles. The van der Waals surface area contributed by atoms with Gasteiger partial charge in [-0.1, -0.05) is 6.92 Å². The number of rotatable bonds is 6. The quantitative estimate of drug-likeness (QED) is 0.841. The summed E-state index contributed by atoms with van der Waals surface area (Å²) in [6.07, 6.45) is 2.92. The maximum absolute atomic E-state index is 12.0. The van der Waals surface area contributed by atoms with E-state index in [4.69, 9.17) is 0 Å². The number of thiophene rings is 1. The lowest BCUT2D eigenvalue weighted by molar-refractivity contribution is 0.400. The second-order valence-electron chi connectivity index (χ2n) is 5.02. The van der Waals surface area contributed by atoms with Gasteiger partial charge >= 0.3 is 0 Å². The van der Waals surface area contributed by atoms with Crippen LogP contribution in [0.1, 0.15) is 29.5 Å². The highest BCUT2D eigenvalue weighted by molar-refractivity contribution is 7.89. The molecule has 0 radical (unpaired) electrons. The summed E-state index contributed by atoms with van der Waals surface area (Å²) in [5, 5.41) is 3.25. The molecular weight excluding hydrogens is 280 g/mol. The number of hydrogen-bond donors (Lipinski definition) is 2.